The Hall–Kier alpha value is -3.70. The number of amides is 2. The Morgan fingerprint density at radius 2 is 1.57 bits per heavy atom. The van der Waals surface area contributed by atoms with Crippen LogP contribution in [-0.2, 0) is 19.4 Å². The molecule has 2 aliphatic rings. The SMILES string of the molecule is N#CC1(NC(=O)O[C@H]2C[C@@H](S(=O)(=O)c3ccc(OCC(F)(F)F)cc3Cl)CN2C(=O)C(c2ccc(Cl)cc2)c2ccc(Cl)cc2)CC1. The molecule has 3 aromatic rings. The van der Waals surface area contributed by atoms with E-state index in [9.17, 15) is 36.4 Å². The predicted octanol–water partition coefficient (Wildman–Crippen LogP) is 6.90. The van der Waals surface area contributed by atoms with Gasteiger partial charge in [0.1, 0.15) is 11.3 Å². The van der Waals surface area contributed by atoms with Crippen LogP contribution in [0.4, 0.5) is 18.0 Å². The lowest BCUT2D eigenvalue weighted by molar-refractivity contribution is -0.153. The zero-order chi connectivity index (χ0) is 34.1. The molecule has 1 heterocycles. The maximum Gasteiger partial charge on any atom is 0.422 e. The van der Waals surface area contributed by atoms with Crippen LogP contribution >= 0.6 is 34.8 Å². The molecule has 1 N–H and O–H groups in total. The summed E-state index contributed by atoms with van der Waals surface area (Å²) in [5.41, 5.74) is -0.0838. The highest BCUT2D eigenvalue weighted by atomic mass is 35.5. The molecule has 1 aliphatic heterocycles. The number of nitriles is 1. The molecular weight excluding hydrogens is 706 g/mol. The van der Waals surface area contributed by atoms with E-state index < -0.39 is 74.0 Å². The van der Waals surface area contributed by atoms with Crippen LogP contribution in [0.5, 0.6) is 5.75 Å². The minimum absolute atomic E-state index is 0.298. The van der Waals surface area contributed by atoms with Crippen molar-refractivity contribution in [1.82, 2.24) is 10.2 Å². The number of likely N-dealkylation sites (tertiary alicyclic amines) is 1. The summed E-state index contributed by atoms with van der Waals surface area (Å²) in [7, 11) is -4.36. The highest BCUT2D eigenvalue weighted by Crippen LogP contribution is 2.38. The second-order valence-corrected chi connectivity index (χ2v) is 14.6. The van der Waals surface area contributed by atoms with Gasteiger partial charge in [0.05, 0.1) is 27.2 Å². The van der Waals surface area contributed by atoms with Gasteiger partial charge in [-0.2, -0.15) is 18.4 Å². The molecule has 0 unspecified atom stereocenters. The van der Waals surface area contributed by atoms with E-state index in [0.29, 0.717) is 34.0 Å². The van der Waals surface area contributed by atoms with Gasteiger partial charge < -0.3 is 19.7 Å². The first-order chi connectivity index (χ1) is 22.1. The number of rotatable bonds is 9. The molecule has 1 aliphatic carbocycles. The van der Waals surface area contributed by atoms with E-state index in [-0.39, 0.29) is 12.2 Å². The maximum atomic E-state index is 14.4. The van der Waals surface area contributed by atoms with E-state index in [2.05, 4.69) is 10.1 Å². The first kappa shape index (κ1) is 34.6. The summed E-state index contributed by atoms with van der Waals surface area (Å²) in [6, 6.07) is 17.9. The molecule has 1 saturated heterocycles. The molecule has 47 heavy (non-hydrogen) atoms. The zero-order valence-corrected chi connectivity index (χ0v) is 27.2. The number of carbonyl (C=O) groups is 2. The maximum absolute atomic E-state index is 14.4. The van der Waals surface area contributed by atoms with Crippen LogP contribution in [0.2, 0.25) is 15.1 Å². The van der Waals surface area contributed by atoms with Gasteiger partial charge in [0.2, 0.25) is 5.91 Å². The minimum atomic E-state index is -4.62. The highest BCUT2D eigenvalue weighted by molar-refractivity contribution is 7.92. The highest BCUT2D eigenvalue weighted by Gasteiger charge is 2.49. The van der Waals surface area contributed by atoms with E-state index in [0.717, 1.165) is 23.1 Å². The summed E-state index contributed by atoms with van der Waals surface area (Å²) in [6.45, 7) is -2.03. The number of hydrogen-bond donors (Lipinski definition) is 1. The van der Waals surface area contributed by atoms with Crippen LogP contribution in [0.25, 0.3) is 0 Å². The van der Waals surface area contributed by atoms with E-state index in [1.54, 1.807) is 48.5 Å². The Kier molecular flexibility index (Phi) is 9.89. The smallest absolute Gasteiger partial charge is 0.422 e. The second kappa shape index (κ2) is 13.4. The number of nitrogens with one attached hydrogen (secondary N) is 1. The molecule has 0 radical (unpaired) electrons. The summed E-state index contributed by atoms with van der Waals surface area (Å²) in [6.07, 6.45) is -6.58. The molecule has 2 atom stereocenters. The molecule has 3 aromatic carbocycles. The van der Waals surface area contributed by atoms with Gasteiger partial charge in [0.15, 0.2) is 22.7 Å². The Bertz CT molecular complexity index is 1770. The number of sulfone groups is 1. The fourth-order valence-electron chi connectivity index (χ4n) is 5.17. The van der Waals surface area contributed by atoms with E-state index in [1.165, 1.54) is 0 Å². The Morgan fingerprint density at radius 1 is 1.00 bits per heavy atom. The number of halogens is 6. The first-order valence-corrected chi connectivity index (χ1v) is 16.7. The standard InChI is InChI=1S/C31H25Cl3F3N3O6S/c32-20-5-1-18(2-6-20)27(19-3-7-21(33)8-4-19)28(41)40-15-23(14-26(40)46-29(42)39-30(16-38)11-12-30)47(43,44)25-10-9-22(13-24(25)34)45-17-31(35,36)37/h1-10,13,23,26-27H,11-12,14-15,17H2,(H,39,42)/t23-,26+/m1/s1. The van der Waals surface area contributed by atoms with Crippen molar-refractivity contribution in [2.24, 2.45) is 0 Å². The number of ether oxygens (including phenoxy) is 2. The van der Waals surface area contributed by atoms with E-state index >= 15 is 0 Å². The van der Waals surface area contributed by atoms with Crippen LogP contribution in [0.3, 0.4) is 0 Å². The van der Waals surface area contributed by atoms with Crippen molar-refractivity contribution < 1.29 is 40.7 Å². The summed E-state index contributed by atoms with van der Waals surface area (Å²) in [4.78, 5) is 28.0. The second-order valence-electron chi connectivity index (χ2n) is 11.1. The Labute approximate surface area is 283 Å². The molecule has 5 rings (SSSR count). The average Bonchev–Trinajstić information content (AvgIpc) is 3.65. The van der Waals surface area contributed by atoms with Crippen molar-refractivity contribution in [3.05, 3.63) is 92.9 Å². The largest absolute Gasteiger partial charge is 0.484 e. The topological polar surface area (TPSA) is 126 Å². The number of benzene rings is 3. The molecule has 16 heteroatoms. The van der Waals surface area contributed by atoms with Crippen molar-refractivity contribution >= 4 is 56.6 Å². The Balaban J connectivity index is 1.48. The lowest BCUT2D eigenvalue weighted by Crippen LogP contribution is -2.45. The third-order valence-electron chi connectivity index (χ3n) is 7.75. The minimum Gasteiger partial charge on any atom is -0.484 e. The van der Waals surface area contributed by atoms with Crippen molar-refractivity contribution in [2.75, 3.05) is 13.2 Å². The molecule has 1 saturated carbocycles. The zero-order valence-electron chi connectivity index (χ0n) is 24.1. The van der Waals surface area contributed by atoms with Crippen LogP contribution in [-0.4, -0.2) is 61.7 Å². The summed E-state index contributed by atoms with van der Waals surface area (Å²) in [5.74, 6) is -1.90. The number of alkyl halides is 3. The third-order valence-corrected chi connectivity index (χ3v) is 10.9. The summed E-state index contributed by atoms with van der Waals surface area (Å²) in [5, 5.41) is 11.0. The number of nitrogens with zero attached hydrogens (tertiary/aromatic N) is 2. The monoisotopic (exact) mass is 729 g/mol. The van der Waals surface area contributed by atoms with Crippen molar-refractivity contribution in [1.29, 1.82) is 5.26 Å². The van der Waals surface area contributed by atoms with Crippen LogP contribution in [0, 0.1) is 11.3 Å². The van der Waals surface area contributed by atoms with Gasteiger partial charge in [-0.15, -0.1) is 0 Å². The summed E-state index contributed by atoms with van der Waals surface area (Å²) < 4.78 is 75.9. The molecular formula is C31H25Cl3F3N3O6S. The Morgan fingerprint density at radius 3 is 2.06 bits per heavy atom. The van der Waals surface area contributed by atoms with Crippen molar-refractivity contribution in [2.45, 2.75) is 53.3 Å². The van der Waals surface area contributed by atoms with Gasteiger partial charge in [-0.1, -0.05) is 59.1 Å². The van der Waals surface area contributed by atoms with Gasteiger partial charge in [-0.05, 0) is 60.4 Å². The third kappa shape index (κ3) is 8.06. The average molecular weight is 731 g/mol. The van der Waals surface area contributed by atoms with Crippen LogP contribution < -0.4 is 10.1 Å². The molecule has 9 nitrogen and oxygen atoms in total. The van der Waals surface area contributed by atoms with Crippen LogP contribution in [0.1, 0.15) is 36.3 Å². The van der Waals surface area contributed by atoms with Gasteiger partial charge >= 0.3 is 12.3 Å². The van der Waals surface area contributed by atoms with Gasteiger partial charge in [0.25, 0.3) is 0 Å². The van der Waals surface area contributed by atoms with Crippen molar-refractivity contribution in [3.8, 4) is 11.8 Å². The molecule has 0 bridgehead atoms. The molecule has 248 valence electrons. The summed E-state index contributed by atoms with van der Waals surface area (Å²) >= 11 is 18.4. The molecule has 0 spiro atoms. The lowest BCUT2D eigenvalue weighted by atomic mass is 9.90. The normalized spacial score (nSPS) is 18.8. The quantitative estimate of drug-likeness (QED) is 0.254. The van der Waals surface area contributed by atoms with Gasteiger partial charge in [0, 0.05) is 29.1 Å². The van der Waals surface area contributed by atoms with Gasteiger partial charge in [-0.3, -0.25) is 4.79 Å². The molecule has 2 amide bonds. The molecule has 2 fully saturated rings. The number of hydrogen-bond acceptors (Lipinski definition) is 7. The van der Waals surface area contributed by atoms with Gasteiger partial charge in [-0.25, -0.2) is 13.2 Å². The van der Waals surface area contributed by atoms with Crippen molar-refractivity contribution in [3.63, 3.8) is 0 Å². The fourth-order valence-corrected chi connectivity index (χ4v) is 7.64. The van der Waals surface area contributed by atoms with Crippen LogP contribution in [0.15, 0.2) is 71.6 Å². The first-order valence-electron chi connectivity index (χ1n) is 14.1. The molecule has 0 aromatic heterocycles. The lowest BCUT2D eigenvalue weighted by Gasteiger charge is -2.29. The predicted molar refractivity (Wildman–Crippen MR) is 166 cm³/mol. The number of alkyl carbamates (subject to hydrolysis) is 1. The number of carbonyl (C=O) groups excluding carboxylic acids is 2. The fraction of sp³-hybridized carbons (Fsp3) is 0.323. The van der Waals surface area contributed by atoms with E-state index in [4.69, 9.17) is 39.5 Å². The van der Waals surface area contributed by atoms with E-state index in [1.807, 2.05) is 6.07 Å².